The predicted octanol–water partition coefficient (Wildman–Crippen LogP) is 5.45. The van der Waals surface area contributed by atoms with E-state index in [4.69, 9.17) is 4.74 Å². The number of para-hydroxylation sites is 1. The van der Waals surface area contributed by atoms with Crippen molar-refractivity contribution in [2.75, 3.05) is 6.54 Å². The molecule has 0 saturated carbocycles. The molecule has 1 N–H and O–H groups in total. The Bertz CT molecular complexity index is 994. The normalized spacial score (nSPS) is 23.5. The third-order valence-corrected chi connectivity index (χ3v) is 6.61. The number of ether oxygens (including phenoxy) is 1. The number of aromatic amines is 1. The van der Waals surface area contributed by atoms with Gasteiger partial charge >= 0.3 is 6.09 Å². The van der Waals surface area contributed by atoms with Gasteiger partial charge in [0.1, 0.15) is 6.61 Å². The number of rotatable bonds is 3. The van der Waals surface area contributed by atoms with Crippen LogP contribution < -0.4 is 0 Å². The third-order valence-electron chi connectivity index (χ3n) is 6.61. The first-order chi connectivity index (χ1) is 13.7. The van der Waals surface area contributed by atoms with Crippen LogP contribution in [0.15, 0.2) is 54.6 Å². The molecule has 0 unspecified atom stereocenters. The number of nitrogens with one attached hydrogen (secondary N) is 1. The maximum Gasteiger partial charge on any atom is 0.410 e. The molecular formula is C24H26N2O2. The number of aromatic nitrogens is 1. The molecule has 144 valence electrons. The van der Waals surface area contributed by atoms with Gasteiger partial charge in [-0.15, -0.1) is 0 Å². The number of H-pyrrole nitrogens is 1. The van der Waals surface area contributed by atoms with Gasteiger partial charge in [-0.3, -0.25) is 4.90 Å². The van der Waals surface area contributed by atoms with Gasteiger partial charge in [-0.05, 0) is 41.9 Å². The van der Waals surface area contributed by atoms with Gasteiger partial charge in [-0.1, -0.05) is 61.9 Å². The zero-order chi connectivity index (χ0) is 19.1. The van der Waals surface area contributed by atoms with Crippen molar-refractivity contribution in [3.05, 3.63) is 71.4 Å². The standard InChI is InChI=1S/C24H26N2O2/c1-2-17-14-26(24(27)28-15-16-8-4-3-5-9-16)22-13-18(17)12-20-19-10-6-7-11-21(19)25-23(20)22/h3-11,17-18,22,25H,2,12-15H2,1H3/t17-,18+,22+/m1/s1. The Labute approximate surface area is 165 Å². The highest BCUT2D eigenvalue weighted by Crippen LogP contribution is 2.47. The van der Waals surface area contributed by atoms with Crippen LogP contribution in [0.1, 0.15) is 42.6 Å². The second-order valence-electron chi connectivity index (χ2n) is 8.14. The van der Waals surface area contributed by atoms with Gasteiger partial charge < -0.3 is 9.72 Å². The van der Waals surface area contributed by atoms with Crippen molar-refractivity contribution in [2.24, 2.45) is 11.8 Å². The van der Waals surface area contributed by atoms with Crippen molar-refractivity contribution >= 4 is 17.0 Å². The molecule has 1 aliphatic carbocycles. The van der Waals surface area contributed by atoms with E-state index >= 15 is 0 Å². The van der Waals surface area contributed by atoms with E-state index in [-0.39, 0.29) is 12.1 Å². The molecule has 1 fully saturated rings. The average Bonchev–Trinajstić information content (AvgIpc) is 3.12. The van der Waals surface area contributed by atoms with E-state index in [1.165, 1.54) is 22.2 Å². The van der Waals surface area contributed by atoms with Crippen LogP contribution in [0.25, 0.3) is 10.9 Å². The molecule has 2 aromatic carbocycles. The Hall–Kier alpha value is -2.75. The Morgan fingerprint density at radius 2 is 1.93 bits per heavy atom. The van der Waals surface area contributed by atoms with E-state index in [1.54, 1.807) is 0 Å². The quantitative estimate of drug-likeness (QED) is 0.662. The molecule has 1 amide bonds. The maximum atomic E-state index is 13.0. The predicted molar refractivity (Wildman–Crippen MR) is 110 cm³/mol. The van der Waals surface area contributed by atoms with E-state index in [9.17, 15) is 4.79 Å². The molecule has 1 saturated heterocycles. The molecule has 1 aliphatic heterocycles. The summed E-state index contributed by atoms with van der Waals surface area (Å²) in [7, 11) is 0. The highest BCUT2D eigenvalue weighted by atomic mass is 16.6. The second kappa shape index (κ2) is 7.01. The molecule has 5 rings (SSSR count). The van der Waals surface area contributed by atoms with Gasteiger partial charge in [0.05, 0.1) is 6.04 Å². The largest absolute Gasteiger partial charge is 0.445 e. The molecule has 3 aromatic rings. The van der Waals surface area contributed by atoms with Crippen LogP contribution in [0, 0.1) is 11.8 Å². The Kier molecular flexibility index (Phi) is 4.34. The number of benzene rings is 2. The van der Waals surface area contributed by atoms with Crippen molar-refractivity contribution in [3.63, 3.8) is 0 Å². The minimum absolute atomic E-state index is 0.0900. The number of likely N-dealkylation sites (tertiary alicyclic amines) is 1. The van der Waals surface area contributed by atoms with Crippen molar-refractivity contribution < 1.29 is 9.53 Å². The van der Waals surface area contributed by atoms with Crippen LogP contribution in [-0.2, 0) is 17.8 Å². The highest BCUT2D eigenvalue weighted by molar-refractivity contribution is 5.85. The molecule has 0 spiro atoms. The number of amides is 1. The van der Waals surface area contributed by atoms with E-state index in [2.05, 4.69) is 36.2 Å². The summed E-state index contributed by atoms with van der Waals surface area (Å²) in [5.41, 5.74) is 4.80. The van der Waals surface area contributed by atoms with Crippen LogP contribution in [0.3, 0.4) is 0 Å². The Morgan fingerprint density at radius 1 is 1.14 bits per heavy atom. The minimum atomic E-state index is -0.197. The first kappa shape index (κ1) is 17.4. The fraction of sp³-hybridized carbons (Fsp3) is 0.375. The number of piperidine rings is 1. The van der Waals surface area contributed by atoms with Crippen LogP contribution >= 0.6 is 0 Å². The zero-order valence-electron chi connectivity index (χ0n) is 16.2. The molecule has 2 aliphatic rings. The van der Waals surface area contributed by atoms with Gasteiger partial charge in [-0.2, -0.15) is 0 Å². The van der Waals surface area contributed by atoms with Crippen LogP contribution in [-0.4, -0.2) is 22.5 Å². The lowest BCUT2D eigenvalue weighted by Crippen LogP contribution is -2.48. The number of carbonyl (C=O) groups is 1. The van der Waals surface area contributed by atoms with Crippen LogP contribution in [0.5, 0.6) is 0 Å². The number of nitrogens with zero attached hydrogens (tertiary/aromatic N) is 1. The van der Waals surface area contributed by atoms with Gasteiger partial charge in [0, 0.05) is 23.1 Å². The minimum Gasteiger partial charge on any atom is -0.445 e. The summed E-state index contributed by atoms with van der Waals surface area (Å²) in [5, 5.41) is 1.31. The summed E-state index contributed by atoms with van der Waals surface area (Å²) in [5.74, 6) is 1.17. The molecule has 1 aromatic heterocycles. The number of fused-ring (bicyclic) bond motifs is 6. The highest BCUT2D eigenvalue weighted by Gasteiger charge is 2.43. The molecule has 3 atom stereocenters. The Balaban J connectivity index is 1.45. The van der Waals surface area contributed by atoms with E-state index in [1.807, 2.05) is 35.2 Å². The molecule has 2 heterocycles. The summed E-state index contributed by atoms with van der Waals surface area (Å²) in [6.45, 7) is 3.35. The molecular weight excluding hydrogens is 348 g/mol. The van der Waals surface area contributed by atoms with E-state index < -0.39 is 0 Å². The molecule has 28 heavy (non-hydrogen) atoms. The molecule has 4 heteroatoms. The van der Waals surface area contributed by atoms with Crippen LogP contribution in [0.2, 0.25) is 0 Å². The third kappa shape index (κ3) is 2.88. The molecule has 2 bridgehead atoms. The summed E-state index contributed by atoms with van der Waals surface area (Å²) in [6, 6.07) is 18.5. The molecule has 4 nitrogen and oxygen atoms in total. The van der Waals surface area contributed by atoms with Crippen molar-refractivity contribution in [2.45, 2.75) is 38.8 Å². The summed E-state index contributed by atoms with van der Waals surface area (Å²) in [4.78, 5) is 18.6. The fourth-order valence-corrected chi connectivity index (χ4v) is 5.11. The summed E-state index contributed by atoms with van der Waals surface area (Å²) >= 11 is 0. The van der Waals surface area contributed by atoms with Gasteiger partial charge in [0.25, 0.3) is 0 Å². The first-order valence-electron chi connectivity index (χ1n) is 10.3. The van der Waals surface area contributed by atoms with Gasteiger partial charge in [0.2, 0.25) is 0 Å². The monoisotopic (exact) mass is 374 g/mol. The topological polar surface area (TPSA) is 45.3 Å². The first-order valence-corrected chi connectivity index (χ1v) is 10.3. The number of hydrogen-bond acceptors (Lipinski definition) is 2. The maximum absolute atomic E-state index is 13.0. The average molecular weight is 374 g/mol. The smallest absolute Gasteiger partial charge is 0.410 e. The lowest BCUT2D eigenvalue weighted by atomic mass is 9.72. The number of carbonyl (C=O) groups excluding carboxylic acids is 1. The molecule has 0 radical (unpaired) electrons. The second-order valence-corrected chi connectivity index (χ2v) is 8.14. The zero-order valence-corrected chi connectivity index (χ0v) is 16.2. The van der Waals surface area contributed by atoms with Crippen LogP contribution in [0.4, 0.5) is 4.79 Å². The van der Waals surface area contributed by atoms with E-state index in [0.717, 1.165) is 31.4 Å². The summed E-state index contributed by atoms with van der Waals surface area (Å²) in [6.07, 6.45) is 3.04. The lowest BCUT2D eigenvalue weighted by Gasteiger charge is -2.46. The lowest BCUT2D eigenvalue weighted by molar-refractivity contribution is 0.0259. The van der Waals surface area contributed by atoms with Gasteiger partial charge in [0.15, 0.2) is 0 Å². The van der Waals surface area contributed by atoms with Crippen molar-refractivity contribution in [1.82, 2.24) is 9.88 Å². The Morgan fingerprint density at radius 3 is 2.75 bits per heavy atom. The fourth-order valence-electron chi connectivity index (χ4n) is 5.11. The van der Waals surface area contributed by atoms with E-state index in [0.29, 0.717) is 18.4 Å². The number of hydrogen-bond donors (Lipinski definition) is 1. The van der Waals surface area contributed by atoms with Gasteiger partial charge in [-0.25, -0.2) is 4.79 Å². The van der Waals surface area contributed by atoms with Crippen molar-refractivity contribution in [1.29, 1.82) is 0 Å². The van der Waals surface area contributed by atoms with Crippen molar-refractivity contribution in [3.8, 4) is 0 Å². The SMILES string of the molecule is CC[C@@H]1CN(C(=O)OCc2ccccc2)[C@H]2C[C@@H]1Cc1c2[nH]c2ccccc12. The summed E-state index contributed by atoms with van der Waals surface area (Å²) < 4.78 is 5.71.